The summed E-state index contributed by atoms with van der Waals surface area (Å²) in [5.74, 6) is -0.0923. The van der Waals surface area contributed by atoms with Gasteiger partial charge in [-0.05, 0) is 31.2 Å². The third kappa shape index (κ3) is 4.60. The lowest BCUT2D eigenvalue weighted by atomic mass is 10.1. The molecule has 102 valence electrons. The molecule has 0 saturated heterocycles. The van der Waals surface area contributed by atoms with E-state index in [1.807, 2.05) is 18.0 Å². The minimum absolute atomic E-state index is 0.251. The second kappa shape index (κ2) is 7.31. The van der Waals surface area contributed by atoms with Gasteiger partial charge in [0.25, 0.3) is 0 Å². The molecule has 18 heavy (non-hydrogen) atoms. The first-order valence-electron chi connectivity index (χ1n) is 5.96. The molecule has 0 radical (unpaired) electrons. The van der Waals surface area contributed by atoms with Gasteiger partial charge in [0.1, 0.15) is 0 Å². The first-order valence-corrected chi connectivity index (χ1v) is 5.96. The zero-order valence-corrected chi connectivity index (χ0v) is 10.9. The molecule has 1 rings (SSSR count). The maximum atomic E-state index is 13.4. The van der Waals surface area contributed by atoms with Crippen molar-refractivity contribution in [2.24, 2.45) is 5.73 Å². The van der Waals surface area contributed by atoms with Crippen LogP contribution in [0.3, 0.4) is 0 Å². The maximum Gasteiger partial charge on any atom is 0.165 e. The predicted octanol–water partition coefficient (Wildman–Crippen LogP) is 0.628. The van der Waals surface area contributed by atoms with Crippen LogP contribution in [-0.2, 0) is 6.42 Å². The van der Waals surface area contributed by atoms with Crippen molar-refractivity contribution in [2.75, 3.05) is 33.8 Å². The highest BCUT2D eigenvalue weighted by atomic mass is 19.1. The Bertz CT molecular complexity index is 374. The van der Waals surface area contributed by atoms with Crippen molar-refractivity contribution in [1.29, 1.82) is 0 Å². The molecule has 1 atom stereocenters. The molecule has 4 nitrogen and oxygen atoms in total. The molecule has 3 N–H and O–H groups in total. The molecule has 0 fully saturated rings. The fourth-order valence-electron chi connectivity index (χ4n) is 1.71. The van der Waals surface area contributed by atoms with Crippen LogP contribution in [0.5, 0.6) is 5.75 Å². The molecule has 0 heterocycles. The van der Waals surface area contributed by atoms with E-state index in [1.165, 1.54) is 13.2 Å². The molecule has 0 amide bonds. The summed E-state index contributed by atoms with van der Waals surface area (Å²) in [6, 6.07) is 4.94. The summed E-state index contributed by atoms with van der Waals surface area (Å²) in [4.78, 5) is 1.97. The van der Waals surface area contributed by atoms with E-state index < -0.39 is 6.10 Å². The van der Waals surface area contributed by atoms with Crippen molar-refractivity contribution in [3.8, 4) is 5.75 Å². The molecule has 1 aromatic rings. The van der Waals surface area contributed by atoms with Crippen LogP contribution < -0.4 is 10.5 Å². The van der Waals surface area contributed by atoms with Crippen LogP contribution in [0.4, 0.5) is 4.39 Å². The van der Waals surface area contributed by atoms with Crippen LogP contribution in [0.1, 0.15) is 5.56 Å². The van der Waals surface area contributed by atoms with E-state index in [1.54, 1.807) is 6.07 Å². The second-order valence-corrected chi connectivity index (χ2v) is 4.37. The van der Waals surface area contributed by atoms with Crippen molar-refractivity contribution in [2.45, 2.75) is 12.5 Å². The molecule has 5 heteroatoms. The van der Waals surface area contributed by atoms with E-state index in [0.717, 1.165) is 12.1 Å². The third-order valence-electron chi connectivity index (χ3n) is 2.79. The Hall–Kier alpha value is -1.17. The first kappa shape index (κ1) is 14.9. The van der Waals surface area contributed by atoms with Crippen molar-refractivity contribution < 1.29 is 14.2 Å². The predicted molar refractivity (Wildman–Crippen MR) is 69.2 cm³/mol. The summed E-state index contributed by atoms with van der Waals surface area (Å²) in [5.41, 5.74) is 6.24. The van der Waals surface area contributed by atoms with Gasteiger partial charge in [-0.1, -0.05) is 6.07 Å². The molecule has 0 bridgehead atoms. The number of hydrogen-bond donors (Lipinski definition) is 2. The number of aliphatic hydroxyl groups excluding tert-OH is 1. The van der Waals surface area contributed by atoms with Crippen molar-refractivity contribution in [1.82, 2.24) is 4.90 Å². The summed E-state index contributed by atoms with van der Waals surface area (Å²) in [6.07, 6.45) is 0.205. The zero-order valence-electron chi connectivity index (χ0n) is 10.9. The van der Waals surface area contributed by atoms with Gasteiger partial charge >= 0.3 is 0 Å². The number of nitrogens with two attached hydrogens (primary N) is 1. The fourth-order valence-corrected chi connectivity index (χ4v) is 1.71. The highest BCUT2D eigenvalue weighted by Crippen LogP contribution is 2.17. The minimum atomic E-state index is -0.511. The average Bonchev–Trinajstić information content (AvgIpc) is 2.36. The fraction of sp³-hybridized carbons (Fsp3) is 0.538. The maximum absolute atomic E-state index is 13.4. The molecule has 1 unspecified atom stereocenters. The lowest BCUT2D eigenvalue weighted by Crippen LogP contribution is -2.35. The number of aliphatic hydroxyl groups is 1. The first-order chi connectivity index (χ1) is 8.56. The summed E-state index contributed by atoms with van der Waals surface area (Å²) in [7, 11) is 3.35. The van der Waals surface area contributed by atoms with E-state index >= 15 is 0 Å². The van der Waals surface area contributed by atoms with Gasteiger partial charge < -0.3 is 20.5 Å². The number of halogens is 1. The van der Waals surface area contributed by atoms with Gasteiger partial charge in [-0.15, -0.1) is 0 Å². The Morgan fingerprint density at radius 3 is 2.78 bits per heavy atom. The molecule has 0 aliphatic rings. The number of methoxy groups -OCH3 is 1. The molecule has 0 saturated carbocycles. The monoisotopic (exact) mass is 256 g/mol. The van der Waals surface area contributed by atoms with Crippen LogP contribution in [0.15, 0.2) is 18.2 Å². The number of hydrogen-bond acceptors (Lipinski definition) is 4. The molecule has 0 spiro atoms. The number of rotatable bonds is 7. The van der Waals surface area contributed by atoms with E-state index in [0.29, 0.717) is 13.0 Å². The molecular formula is C13H21FN2O2. The van der Waals surface area contributed by atoms with Crippen LogP contribution >= 0.6 is 0 Å². The Balaban J connectivity index is 2.46. The smallest absolute Gasteiger partial charge is 0.165 e. The Morgan fingerprint density at radius 2 is 2.22 bits per heavy atom. The summed E-state index contributed by atoms with van der Waals surface area (Å²) < 4.78 is 18.3. The normalized spacial score (nSPS) is 12.8. The SMILES string of the molecule is COc1ccc(CCN(C)CC(O)CN)cc1F. The van der Waals surface area contributed by atoms with E-state index in [4.69, 9.17) is 10.5 Å². The summed E-state index contributed by atoms with van der Waals surface area (Å²) in [6.45, 7) is 1.51. The van der Waals surface area contributed by atoms with Crippen molar-refractivity contribution in [3.05, 3.63) is 29.6 Å². The van der Waals surface area contributed by atoms with Gasteiger partial charge in [0.2, 0.25) is 0 Å². The molecular weight excluding hydrogens is 235 g/mol. The Labute approximate surface area is 107 Å². The molecule has 1 aromatic carbocycles. The number of likely N-dealkylation sites (N-methyl/N-ethyl adjacent to an activating group) is 1. The van der Waals surface area contributed by atoms with Crippen molar-refractivity contribution in [3.63, 3.8) is 0 Å². The lowest BCUT2D eigenvalue weighted by molar-refractivity contribution is 0.133. The van der Waals surface area contributed by atoms with Crippen LogP contribution in [-0.4, -0.2) is 49.9 Å². The van der Waals surface area contributed by atoms with Gasteiger partial charge in [-0.2, -0.15) is 0 Å². The van der Waals surface area contributed by atoms with Gasteiger partial charge in [0, 0.05) is 19.6 Å². The van der Waals surface area contributed by atoms with Gasteiger partial charge in [-0.3, -0.25) is 0 Å². The highest BCUT2D eigenvalue weighted by molar-refractivity contribution is 5.29. The Kier molecular flexibility index (Phi) is 6.04. The zero-order chi connectivity index (χ0) is 13.5. The van der Waals surface area contributed by atoms with E-state index in [9.17, 15) is 9.50 Å². The van der Waals surface area contributed by atoms with Crippen LogP contribution in [0.25, 0.3) is 0 Å². The second-order valence-electron chi connectivity index (χ2n) is 4.37. The summed E-state index contributed by atoms with van der Waals surface area (Å²) in [5, 5.41) is 9.39. The highest BCUT2D eigenvalue weighted by Gasteiger charge is 2.07. The van der Waals surface area contributed by atoms with Crippen molar-refractivity contribution >= 4 is 0 Å². The average molecular weight is 256 g/mol. The van der Waals surface area contributed by atoms with Gasteiger partial charge in [0.05, 0.1) is 13.2 Å². The topological polar surface area (TPSA) is 58.7 Å². The number of benzene rings is 1. The lowest BCUT2D eigenvalue weighted by Gasteiger charge is -2.19. The largest absolute Gasteiger partial charge is 0.494 e. The standard InChI is InChI=1S/C13H21FN2O2/c1-16(9-11(17)8-15)6-5-10-3-4-13(18-2)12(14)7-10/h3-4,7,11,17H,5-6,8-9,15H2,1-2H3. The summed E-state index contributed by atoms with van der Waals surface area (Å²) >= 11 is 0. The van der Waals surface area contributed by atoms with Crippen LogP contribution in [0, 0.1) is 5.82 Å². The number of nitrogens with zero attached hydrogens (tertiary/aromatic N) is 1. The van der Waals surface area contributed by atoms with E-state index in [2.05, 4.69) is 0 Å². The van der Waals surface area contributed by atoms with Crippen LogP contribution in [0.2, 0.25) is 0 Å². The molecule has 0 aliphatic carbocycles. The quantitative estimate of drug-likeness (QED) is 0.751. The number of ether oxygens (including phenoxy) is 1. The minimum Gasteiger partial charge on any atom is -0.494 e. The Morgan fingerprint density at radius 1 is 1.50 bits per heavy atom. The molecule has 0 aromatic heterocycles. The van der Waals surface area contributed by atoms with Gasteiger partial charge in [-0.25, -0.2) is 4.39 Å². The van der Waals surface area contributed by atoms with E-state index in [-0.39, 0.29) is 18.1 Å². The third-order valence-corrected chi connectivity index (χ3v) is 2.79. The molecule has 0 aliphatic heterocycles. The van der Waals surface area contributed by atoms with Gasteiger partial charge in [0.15, 0.2) is 11.6 Å².